The summed E-state index contributed by atoms with van der Waals surface area (Å²) in [5.41, 5.74) is 3.67. The van der Waals surface area contributed by atoms with Gasteiger partial charge in [-0.25, -0.2) is 9.07 Å². The molecule has 2 aliphatic carbocycles. The van der Waals surface area contributed by atoms with Gasteiger partial charge in [0.05, 0.1) is 29.2 Å². The summed E-state index contributed by atoms with van der Waals surface area (Å²) in [6.45, 7) is 4.11. The molecule has 1 aromatic heterocycles. The van der Waals surface area contributed by atoms with Crippen molar-refractivity contribution in [1.82, 2.24) is 9.78 Å². The van der Waals surface area contributed by atoms with Crippen molar-refractivity contribution in [3.05, 3.63) is 88.0 Å². The van der Waals surface area contributed by atoms with E-state index >= 15 is 0 Å². The zero-order chi connectivity index (χ0) is 24.3. The van der Waals surface area contributed by atoms with Gasteiger partial charge in [0.2, 0.25) is 0 Å². The van der Waals surface area contributed by atoms with Gasteiger partial charge in [0.25, 0.3) is 0 Å². The molecule has 178 valence electrons. The third-order valence-electron chi connectivity index (χ3n) is 7.57. The average Bonchev–Trinajstić information content (AvgIpc) is 3.18. The van der Waals surface area contributed by atoms with Crippen molar-refractivity contribution in [2.45, 2.75) is 51.8 Å². The van der Waals surface area contributed by atoms with Crippen LogP contribution in [0.2, 0.25) is 0 Å². The lowest BCUT2D eigenvalue weighted by atomic mass is 9.57. The first-order valence-electron chi connectivity index (χ1n) is 11.5. The van der Waals surface area contributed by atoms with Gasteiger partial charge in [0.15, 0.2) is 0 Å². The molecule has 0 unspecified atom stereocenters. The predicted molar refractivity (Wildman–Crippen MR) is 122 cm³/mol. The van der Waals surface area contributed by atoms with E-state index in [0.29, 0.717) is 12.8 Å². The van der Waals surface area contributed by atoms with Crippen molar-refractivity contribution in [2.75, 3.05) is 0 Å². The number of alkyl halides is 3. The molecule has 2 aliphatic rings. The van der Waals surface area contributed by atoms with Crippen LogP contribution in [0, 0.1) is 24.1 Å². The fraction of sp³-hybridized carbons (Fsp3) is 0.370. The zero-order valence-corrected chi connectivity index (χ0v) is 19.0. The summed E-state index contributed by atoms with van der Waals surface area (Å²) in [4.78, 5) is 0. The molecular formula is C27H26F4N2O. The van der Waals surface area contributed by atoms with E-state index in [9.17, 15) is 22.7 Å². The Morgan fingerprint density at radius 1 is 1.15 bits per heavy atom. The monoisotopic (exact) mass is 470 g/mol. The summed E-state index contributed by atoms with van der Waals surface area (Å²) in [6.07, 6.45) is 1.02. The molecule has 0 spiro atoms. The molecule has 2 aromatic carbocycles. The predicted octanol–water partition coefficient (Wildman–Crippen LogP) is 6.82. The number of benzene rings is 2. The van der Waals surface area contributed by atoms with E-state index in [4.69, 9.17) is 0 Å². The van der Waals surface area contributed by atoms with Gasteiger partial charge in [-0.15, -0.1) is 0 Å². The van der Waals surface area contributed by atoms with Gasteiger partial charge < -0.3 is 5.11 Å². The van der Waals surface area contributed by atoms with E-state index in [2.05, 4.69) is 18.1 Å². The number of fused-ring (bicyclic) bond motifs is 2. The Bertz CT molecular complexity index is 1260. The Morgan fingerprint density at radius 3 is 2.59 bits per heavy atom. The SMILES string of the molecule is Cc1ccc(-n2ncc3c2C=C2CCC[C@H]([C@@H](O)c4ccc(F)c(C(F)(F)F)c4)[C@@]2(C)C3)cc1. The Kier molecular flexibility index (Phi) is 5.43. The number of aliphatic hydroxyl groups is 1. The smallest absolute Gasteiger partial charge is 0.388 e. The van der Waals surface area contributed by atoms with E-state index in [1.54, 1.807) is 0 Å². The van der Waals surface area contributed by atoms with Crippen molar-refractivity contribution >= 4 is 6.08 Å². The molecule has 7 heteroatoms. The first kappa shape index (κ1) is 22.8. The van der Waals surface area contributed by atoms with Crippen molar-refractivity contribution < 1.29 is 22.7 Å². The molecule has 3 atom stereocenters. The van der Waals surface area contributed by atoms with E-state index in [1.165, 1.54) is 11.6 Å². The quantitative estimate of drug-likeness (QED) is 0.427. The number of hydrogen-bond acceptors (Lipinski definition) is 2. The molecular weight excluding hydrogens is 444 g/mol. The minimum absolute atomic E-state index is 0.0994. The van der Waals surface area contributed by atoms with Crippen LogP contribution in [-0.4, -0.2) is 14.9 Å². The van der Waals surface area contributed by atoms with Gasteiger partial charge in [-0.05, 0) is 85.4 Å². The second-order valence-corrected chi connectivity index (χ2v) is 9.75. The highest BCUT2D eigenvalue weighted by atomic mass is 19.4. The van der Waals surface area contributed by atoms with Crippen LogP contribution in [0.4, 0.5) is 17.6 Å². The normalized spacial score (nSPS) is 23.1. The Balaban J connectivity index is 1.50. The van der Waals surface area contributed by atoms with Crippen LogP contribution >= 0.6 is 0 Å². The van der Waals surface area contributed by atoms with Crippen LogP contribution in [0.1, 0.15) is 60.2 Å². The fourth-order valence-corrected chi connectivity index (χ4v) is 5.65. The Labute approximate surface area is 195 Å². The van der Waals surface area contributed by atoms with Crippen molar-refractivity contribution in [1.29, 1.82) is 0 Å². The largest absolute Gasteiger partial charge is 0.419 e. The highest BCUT2D eigenvalue weighted by Crippen LogP contribution is 2.55. The minimum atomic E-state index is -4.81. The zero-order valence-electron chi connectivity index (χ0n) is 19.0. The molecule has 3 aromatic rings. The van der Waals surface area contributed by atoms with Gasteiger partial charge in [0, 0.05) is 0 Å². The third kappa shape index (κ3) is 3.76. The van der Waals surface area contributed by atoms with Crippen LogP contribution in [0.25, 0.3) is 11.8 Å². The lowest BCUT2D eigenvalue weighted by Crippen LogP contribution is -2.40. The van der Waals surface area contributed by atoms with Crippen LogP contribution in [0.5, 0.6) is 0 Å². The average molecular weight is 471 g/mol. The molecule has 0 aliphatic heterocycles. The molecule has 1 saturated carbocycles. The van der Waals surface area contributed by atoms with Gasteiger partial charge in [0.1, 0.15) is 5.82 Å². The lowest BCUT2D eigenvalue weighted by Gasteiger charge is -2.47. The van der Waals surface area contributed by atoms with Crippen molar-refractivity contribution in [3.63, 3.8) is 0 Å². The first-order chi connectivity index (χ1) is 16.1. The number of aliphatic hydroxyl groups excluding tert-OH is 1. The summed E-state index contributed by atoms with van der Waals surface area (Å²) < 4.78 is 55.5. The molecule has 3 nitrogen and oxygen atoms in total. The summed E-state index contributed by atoms with van der Waals surface area (Å²) in [5.74, 6) is -1.63. The Morgan fingerprint density at radius 2 is 1.88 bits per heavy atom. The maximum absolute atomic E-state index is 13.8. The van der Waals surface area contributed by atoms with Crippen LogP contribution < -0.4 is 0 Å². The molecule has 1 fully saturated rings. The van der Waals surface area contributed by atoms with Crippen LogP contribution in [-0.2, 0) is 12.6 Å². The number of rotatable bonds is 3. The number of aromatic nitrogens is 2. The van der Waals surface area contributed by atoms with E-state index in [-0.39, 0.29) is 11.5 Å². The summed E-state index contributed by atoms with van der Waals surface area (Å²) in [5, 5.41) is 15.9. The molecule has 1 heterocycles. The molecule has 0 bridgehead atoms. The molecule has 0 radical (unpaired) electrons. The third-order valence-corrected chi connectivity index (χ3v) is 7.57. The standard InChI is InChI=1S/C27H26F4N2O/c1-16-6-9-20(10-7-16)33-24-13-19-4-3-5-21(26(19,2)14-18(24)15-32-33)25(34)17-8-11-23(28)22(12-17)27(29,30)31/h6-13,15,21,25,34H,3-5,14H2,1-2H3/t21-,25+,26+/m1/s1. The molecule has 0 amide bonds. The summed E-state index contributed by atoms with van der Waals surface area (Å²) >= 11 is 0. The highest BCUT2D eigenvalue weighted by molar-refractivity contribution is 5.61. The van der Waals surface area contributed by atoms with Gasteiger partial charge in [-0.2, -0.15) is 18.3 Å². The lowest BCUT2D eigenvalue weighted by molar-refractivity contribution is -0.140. The Hall–Kier alpha value is -2.93. The highest BCUT2D eigenvalue weighted by Gasteiger charge is 2.47. The maximum atomic E-state index is 13.8. The van der Waals surface area contributed by atoms with Crippen molar-refractivity contribution in [2.24, 2.45) is 11.3 Å². The number of nitrogens with zero attached hydrogens (tertiary/aromatic N) is 2. The molecule has 34 heavy (non-hydrogen) atoms. The van der Waals surface area contributed by atoms with Gasteiger partial charge in [-0.1, -0.05) is 36.3 Å². The van der Waals surface area contributed by atoms with Gasteiger partial charge in [-0.3, -0.25) is 0 Å². The maximum Gasteiger partial charge on any atom is 0.419 e. The number of hydrogen-bond donors (Lipinski definition) is 1. The van der Waals surface area contributed by atoms with Crippen LogP contribution in [0.3, 0.4) is 0 Å². The molecule has 5 rings (SSSR count). The fourth-order valence-electron chi connectivity index (χ4n) is 5.65. The summed E-state index contributed by atoms with van der Waals surface area (Å²) in [6, 6.07) is 10.9. The van der Waals surface area contributed by atoms with E-state index < -0.39 is 29.1 Å². The second-order valence-electron chi connectivity index (χ2n) is 9.75. The molecule has 0 saturated heterocycles. The number of allylic oxidation sites excluding steroid dienone is 1. The van der Waals surface area contributed by atoms with E-state index in [1.807, 2.05) is 42.1 Å². The summed E-state index contributed by atoms with van der Waals surface area (Å²) in [7, 11) is 0. The van der Waals surface area contributed by atoms with Crippen LogP contribution in [0.15, 0.2) is 54.2 Å². The molecule has 1 N–H and O–H groups in total. The number of halogens is 4. The number of aryl methyl sites for hydroxylation is 1. The second kappa shape index (κ2) is 8.08. The van der Waals surface area contributed by atoms with E-state index in [0.717, 1.165) is 47.5 Å². The minimum Gasteiger partial charge on any atom is -0.388 e. The van der Waals surface area contributed by atoms with Crippen molar-refractivity contribution in [3.8, 4) is 5.69 Å². The topological polar surface area (TPSA) is 38.0 Å². The first-order valence-corrected chi connectivity index (χ1v) is 11.5. The van der Waals surface area contributed by atoms with Gasteiger partial charge >= 0.3 is 6.18 Å².